The van der Waals surface area contributed by atoms with Gasteiger partial charge >= 0.3 is 0 Å². The van der Waals surface area contributed by atoms with Gasteiger partial charge in [0.05, 0.1) is 6.61 Å². The average molecular weight is 297 g/mol. The van der Waals surface area contributed by atoms with Crippen LogP contribution in [0.1, 0.15) is 24.0 Å². The first-order valence-corrected chi connectivity index (χ1v) is 7.31. The maximum absolute atomic E-state index is 6.20. The molecular weight excluding hydrogens is 272 g/mol. The molecule has 1 aliphatic heterocycles. The quantitative estimate of drug-likeness (QED) is 0.927. The van der Waals surface area contributed by atoms with E-state index >= 15 is 0 Å². The number of halogens is 1. The van der Waals surface area contributed by atoms with E-state index < -0.39 is 0 Å². The Hall–Kier alpha value is -0.610. The molecule has 1 aromatic rings. The van der Waals surface area contributed by atoms with Gasteiger partial charge in [-0.15, -0.1) is 12.4 Å². The van der Waals surface area contributed by atoms with Crippen LogP contribution in [0.15, 0.2) is 24.3 Å². The number of ether oxygens (including phenoxy) is 1. The molecule has 2 aliphatic rings. The van der Waals surface area contributed by atoms with E-state index in [2.05, 4.69) is 29.2 Å². The van der Waals surface area contributed by atoms with Gasteiger partial charge < -0.3 is 10.5 Å². The molecule has 1 heterocycles. The van der Waals surface area contributed by atoms with Gasteiger partial charge in [-0.25, -0.2) is 0 Å². The summed E-state index contributed by atoms with van der Waals surface area (Å²) >= 11 is 0. The zero-order chi connectivity index (χ0) is 13.2. The third-order valence-electron chi connectivity index (χ3n) is 4.70. The molecule has 112 valence electrons. The lowest BCUT2D eigenvalue weighted by atomic mass is 9.98. The molecule has 0 bridgehead atoms. The summed E-state index contributed by atoms with van der Waals surface area (Å²) in [6, 6.07) is 9.17. The van der Waals surface area contributed by atoms with Gasteiger partial charge in [-0.1, -0.05) is 24.3 Å². The summed E-state index contributed by atoms with van der Waals surface area (Å²) in [4.78, 5) is 2.57. The van der Waals surface area contributed by atoms with Crippen molar-refractivity contribution in [2.45, 2.75) is 32.0 Å². The first-order valence-electron chi connectivity index (χ1n) is 7.31. The molecule has 0 spiro atoms. The predicted molar refractivity (Wildman–Crippen MR) is 83.9 cm³/mol. The second-order valence-electron chi connectivity index (χ2n) is 6.11. The number of likely N-dealkylation sites (tertiary alicyclic amines) is 1. The topological polar surface area (TPSA) is 38.5 Å². The minimum absolute atomic E-state index is 0. The van der Waals surface area contributed by atoms with Crippen LogP contribution in [0.5, 0.6) is 0 Å². The van der Waals surface area contributed by atoms with Crippen molar-refractivity contribution in [3.63, 3.8) is 0 Å². The number of nitrogens with zero attached hydrogens (tertiary/aromatic N) is 1. The molecule has 0 aromatic heterocycles. The summed E-state index contributed by atoms with van der Waals surface area (Å²) < 4.78 is 5.20. The second kappa shape index (κ2) is 6.90. The van der Waals surface area contributed by atoms with Crippen molar-refractivity contribution >= 4 is 12.4 Å². The van der Waals surface area contributed by atoms with Gasteiger partial charge in [-0.3, -0.25) is 4.90 Å². The molecule has 2 fully saturated rings. The minimum atomic E-state index is 0. The van der Waals surface area contributed by atoms with Gasteiger partial charge in [-0.2, -0.15) is 0 Å². The highest BCUT2D eigenvalue weighted by molar-refractivity contribution is 5.85. The largest absolute Gasteiger partial charge is 0.380 e. The number of rotatable bonds is 4. The van der Waals surface area contributed by atoms with Crippen LogP contribution in [0.3, 0.4) is 0 Å². The molecule has 3 rings (SSSR count). The van der Waals surface area contributed by atoms with E-state index in [4.69, 9.17) is 10.5 Å². The van der Waals surface area contributed by atoms with Gasteiger partial charge in [0.25, 0.3) is 0 Å². The van der Waals surface area contributed by atoms with E-state index in [1.54, 1.807) is 7.11 Å². The Labute approximate surface area is 127 Å². The summed E-state index contributed by atoms with van der Waals surface area (Å²) in [7, 11) is 1.75. The molecular formula is C16H25ClN2O. The number of hydrogen-bond donors (Lipinski definition) is 1. The van der Waals surface area contributed by atoms with Crippen molar-refractivity contribution in [1.29, 1.82) is 0 Å². The smallest absolute Gasteiger partial charge is 0.0713 e. The van der Waals surface area contributed by atoms with E-state index in [1.807, 2.05) is 0 Å². The number of hydrogen-bond acceptors (Lipinski definition) is 3. The highest BCUT2D eigenvalue weighted by Crippen LogP contribution is 2.37. The molecule has 0 radical (unpaired) electrons. The van der Waals surface area contributed by atoms with Gasteiger partial charge in [0.1, 0.15) is 0 Å². The van der Waals surface area contributed by atoms with Crippen LogP contribution in [-0.4, -0.2) is 31.1 Å². The van der Waals surface area contributed by atoms with Crippen LogP contribution in [0.4, 0.5) is 0 Å². The molecule has 1 saturated heterocycles. The van der Waals surface area contributed by atoms with Crippen LogP contribution >= 0.6 is 12.4 Å². The van der Waals surface area contributed by atoms with E-state index in [0.717, 1.165) is 18.4 Å². The summed E-state index contributed by atoms with van der Waals surface area (Å²) in [6.45, 7) is 4.16. The summed E-state index contributed by atoms with van der Waals surface area (Å²) in [6.07, 6.45) is 2.55. The number of benzene rings is 1. The third-order valence-corrected chi connectivity index (χ3v) is 4.70. The first-order chi connectivity index (χ1) is 9.26. The Balaban J connectivity index is 0.00000147. The number of fused-ring (bicyclic) bond motifs is 1. The second-order valence-corrected chi connectivity index (χ2v) is 6.11. The number of methoxy groups -OCH3 is 1. The summed E-state index contributed by atoms with van der Waals surface area (Å²) in [5.41, 5.74) is 8.85. The standard InChI is InChI=1S/C16H24N2O.ClH/c1-19-11-13-4-2-3-12(7-13)8-18-9-14-5-6-16(17)15(14)10-18;/h2-4,7,14-16H,5-6,8-11,17H2,1H3;1H. The van der Waals surface area contributed by atoms with Crippen molar-refractivity contribution in [2.75, 3.05) is 20.2 Å². The highest BCUT2D eigenvalue weighted by Gasteiger charge is 2.40. The van der Waals surface area contributed by atoms with Crippen LogP contribution in [-0.2, 0) is 17.9 Å². The summed E-state index contributed by atoms with van der Waals surface area (Å²) in [5.74, 6) is 1.58. The molecule has 3 atom stereocenters. The Morgan fingerprint density at radius 3 is 2.80 bits per heavy atom. The Bertz CT molecular complexity index is 440. The van der Waals surface area contributed by atoms with Gasteiger partial charge in [-0.05, 0) is 35.8 Å². The van der Waals surface area contributed by atoms with Crippen molar-refractivity contribution in [3.05, 3.63) is 35.4 Å². The zero-order valence-corrected chi connectivity index (χ0v) is 12.9. The lowest BCUT2D eigenvalue weighted by molar-refractivity contribution is 0.184. The van der Waals surface area contributed by atoms with Gasteiger partial charge in [0, 0.05) is 32.8 Å². The fraction of sp³-hybridized carbons (Fsp3) is 0.625. The van der Waals surface area contributed by atoms with Gasteiger partial charge in [0.2, 0.25) is 0 Å². The van der Waals surface area contributed by atoms with E-state index in [9.17, 15) is 0 Å². The average Bonchev–Trinajstić information content (AvgIpc) is 2.93. The Morgan fingerprint density at radius 1 is 1.25 bits per heavy atom. The number of nitrogens with two attached hydrogens (primary N) is 1. The minimum Gasteiger partial charge on any atom is -0.380 e. The van der Waals surface area contributed by atoms with E-state index in [-0.39, 0.29) is 12.4 Å². The predicted octanol–water partition coefficient (Wildman–Crippen LogP) is 2.42. The monoisotopic (exact) mass is 296 g/mol. The molecule has 20 heavy (non-hydrogen) atoms. The van der Waals surface area contributed by atoms with Crippen LogP contribution < -0.4 is 5.73 Å². The van der Waals surface area contributed by atoms with E-state index in [1.165, 1.54) is 37.1 Å². The van der Waals surface area contributed by atoms with E-state index in [0.29, 0.717) is 12.6 Å². The van der Waals surface area contributed by atoms with Crippen LogP contribution in [0, 0.1) is 11.8 Å². The Kier molecular flexibility index (Phi) is 5.44. The zero-order valence-electron chi connectivity index (χ0n) is 12.1. The fourth-order valence-electron chi connectivity index (χ4n) is 3.77. The molecule has 3 nitrogen and oxygen atoms in total. The maximum atomic E-state index is 6.20. The first kappa shape index (κ1) is 15.8. The molecule has 1 aliphatic carbocycles. The molecule has 2 N–H and O–H groups in total. The lowest BCUT2D eigenvalue weighted by Crippen LogP contribution is -2.30. The molecule has 4 heteroatoms. The molecule has 1 saturated carbocycles. The SMILES string of the molecule is COCc1cccc(CN2CC3CCC(N)C3C2)c1.Cl. The van der Waals surface area contributed by atoms with Crippen molar-refractivity contribution in [3.8, 4) is 0 Å². The van der Waals surface area contributed by atoms with Crippen molar-refractivity contribution in [2.24, 2.45) is 17.6 Å². The van der Waals surface area contributed by atoms with Crippen molar-refractivity contribution in [1.82, 2.24) is 4.90 Å². The Morgan fingerprint density at radius 2 is 2.05 bits per heavy atom. The molecule has 1 aromatic carbocycles. The fourth-order valence-corrected chi connectivity index (χ4v) is 3.77. The normalized spacial score (nSPS) is 29.2. The summed E-state index contributed by atoms with van der Waals surface area (Å²) in [5, 5.41) is 0. The van der Waals surface area contributed by atoms with Crippen LogP contribution in [0.2, 0.25) is 0 Å². The highest BCUT2D eigenvalue weighted by atomic mass is 35.5. The molecule has 3 unspecified atom stereocenters. The van der Waals surface area contributed by atoms with Crippen LogP contribution in [0.25, 0.3) is 0 Å². The molecule has 0 amide bonds. The maximum Gasteiger partial charge on any atom is 0.0713 e. The van der Waals surface area contributed by atoms with Gasteiger partial charge in [0.15, 0.2) is 0 Å². The lowest BCUT2D eigenvalue weighted by Gasteiger charge is -2.18. The van der Waals surface area contributed by atoms with Crippen molar-refractivity contribution < 1.29 is 4.74 Å². The third kappa shape index (κ3) is 3.34.